The van der Waals surface area contributed by atoms with E-state index in [1.807, 2.05) is 0 Å². The first-order chi connectivity index (χ1) is 7.43. The number of rotatable bonds is 4. The maximum absolute atomic E-state index is 13.4. The molecule has 0 spiro atoms. The van der Waals surface area contributed by atoms with E-state index in [-0.39, 0.29) is 5.56 Å². The van der Waals surface area contributed by atoms with Gasteiger partial charge in [0, 0.05) is 11.5 Å². The van der Waals surface area contributed by atoms with Crippen molar-refractivity contribution in [3.63, 3.8) is 0 Å². The molecule has 0 aliphatic rings. The number of Topliss-reactive ketones (excluding diaryl/α,β-unsaturated/α-hetero) is 2. The highest BCUT2D eigenvalue weighted by Gasteiger charge is 2.28. The van der Waals surface area contributed by atoms with E-state index in [4.69, 9.17) is 0 Å². The van der Waals surface area contributed by atoms with Gasteiger partial charge in [-0.2, -0.15) is 0 Å². The zero-order chi connectivity index (χ0) is 12.3. The largest absolute Gasteiger partial charge is 0.296 e. The Bertz CT molecular complexity index is 396. The Kier molecular flexibility index (Phi) is 3.88. The van der Waals surface area contributed by atoms with Gasteiger partial charge in [0.25, 0.3) is 0 Å². The summed E-state index contributed by atoms with van der Waals surface area (Å²) < 4.78 is 26.0. The molecular weight excluding hydrogens is 214 g/mol. The highest BCUT2D eigenvalue weighted by Crippen LogP contribution is 2.12. The van der Waals surface area contributed by atoms with Gasteiger partial charge in [0.1, 0.15) is 5.82 Å². The second-order valence-corrected chi connectivity index (χ2v) is 3.79. The van der Waals surface area contributed by atoms with Gasteiger partial charge in [-0.25, -0.2) is 8.78 Å². The number of alkyl halides is 1. The summed E-state index contributed by atoms with van der Waals surface area (Å²) in [6.45, 7) is 3.04. The van der Waals surface area contributed by atoms with Crippen molar-refractivity contribution in [3.8, 4) is 0 Å². The summed E-state index contributed by atoms with van der Waals surface area (Å²) in [6.07, 6.45) is -2.16. The Morgan fingerprint density at radius 3 is 2.06 bits per heavy atom. The second-order valence-electron chi connectivity index (χ2n) is 3.79. The molecule has 0 saturated heterocycles. The van der Waals surface area contributed by atoms with E-state index in [0.717, 1.165) is 24.3 Å². The van der Waals surface area contributed by atoms with Crippen molar-refractivity contribution in [2.75, 3.05) is 0 Å². The summed E-state index contributed by atoms with van der Waals surface area (Å²) in [5, 5.41) is 0. The molecule has 1 rings (SSSR count). The van der Waals surface area contributed by atoms with Crippen LogP contribution in [-0.2, 0) is 4.79 Å². The molecule has 2 nitrogen and oxygen atoms in total. The fourth-order valence-corrected chi connectivity index (χ4v) is 1.18. The Labute approximate surface area is 92.3 Å². The van der Waals surface area contributed by atoms with Gasteiger partial charge in [0.05, 0.1) is 0 Å². The zero-order valence-corrected chi connectivity index (χ0v) is 9.04. The van der Waals surface area contributed by atoms with Crippen molar-refractivity contribution in [2.24, 2.45) is 5.92 Å². The summed E-state index contributed by atoms with van der Waals surface area (Å²) >= 11 is 0. The third-order valence-electron chi connectivity index (χ3n) is 2.18. The van der Waals surface area contributed by atoms with Crippen LogP contribution in [0.25, 0.3) is 0 Å². The lowest BCUT2D eigenvalue weighted by molar-refractivity contribution is -0.125. The molecule has 0 heterocycles. The lowest BCUT2D eigenvalue weighted by Gasteiger charge is -2.08. The van der Waals surface area contributed by atoms with Gasteiger partial charge in [-0.3, -0.25) is 9.59 Å². The van der Waals surface area contributed by atoms with Crippen LogP contribution in [0.3, 0.4) is 0 Å². The predicted octanol–water partition coefficient (Wildman–Crippen LogP) is 2.57. The Morgan fingerprint density at radius 2 is 1.62 bits per heavy atom. The molecule has 4 heteroatoms. The normalized spacial score (nSPS) is 12.6. The number of benzene rings is 1. The molecule has 16 heavy (non-hydrogen) atoms. The first kappa shape index (κ1) is 12.5. The summed E-state index contributed by atoms with van der Waals surface area (Å²) in [7, 11) is 0. The zero-order valence-electron chi connectivity index (χ0n) is 9.04. The predicted molar refractivity (Wildman–Crippen MR) is 55.5 cm³/mol. The highest BCUT2D eigenvalue weighted by atomic mass is 19.1. The molecule has 0 aliphatic carbocycles. The van der Waals surface area contributed by atoms with Gasteiger partial charge in [-0.15, -0.1) is 0 Å². The molecule has 0 aliphatic heterocycles. The molecule has 0 amide bonds. The number of hydrogen-bond donors (Lipinski definition) is 0. The van der Waals surface area contributed by atoms with Crippen molar-refractivity contribution in [2.45, 2.75) is 20.0 Å². The summed E-state index contributed by atoms with van der Waals surface area (Å²) in [6, 6.07) is 4.44. The smallest absolute Gasteiger partial charge is 0.221 e. The van der Waals surface area contributed by atoms with Crippen LogP contribution in [0, 0.1) is 11.7 Å². The van der Waals surface area contributed by atoms with Crippen molar-refractivity contribution in [1.82, 2.24) is 0 Å². The first-order valence-corrected chi connectivity index (χ1v) is 4.91. The van der Waals surface area contributed by atoms with Crippen molar-refractivity contribution < 1.29 is 18.4 Å². The molecular formula is C12H12F2O2. The molecule has 0 saturated carbocycles. The molecule has 1 atom stereocenters. The molecule has 0 bridgehead atoms. The van der Waals surface area contributed by atoms with Crippen molar-refractivity contribution in [3.05, 3.63) is 35.6 Å². The van der Waals surface area contributed by atoms with E-state index < -0.39 is 29.5 Å². The van der Waals surface area contributed by atoms with Gasteiger partial charge in [0.2, 0.25) is 12.0 Å². The molecule has 0 N–H and O–H groups in total. The number of ketones is 2. The van der Waals surface area contributed by atoms with Crippen LogP contribution in [0.5, 0.6) is 0 Å². The summed E-state index contributed by atoms with van der Waals surface area (Å²) in [5.41, 5.74) is 0.00269. The SMILES string of the molecule is CC(C)C(=O)C(F)C(=O)c1ccc(F)cc1. The van der Waals surface area contributed by atoms with Crippen LogP contribution in [-0.4, -0.2) is 17.7 Å². The Morgan fingerprint density at radius 1 is 1.12 bits per heavy atom. The second kappa shape index (κ2) is 4.96. The topological polar surface area (TPSA) is 34.1 Å². The molecule has 1 aromatic rings. The average molecular weight is 226 g/mol. The molecule has 0 fully saturated rings. The summed E-state index contributed by atoms with van der Waals surface area (Å²) in [4.78, 5) is 22.7. The van der Waals surface area contributed by atoms with Gasteiger partial charge >= 0.3 is 0 Å². The monoisotopic (exact) mass is 226 g/mol. The average Bonchev–Trinajstić information content (AvgIpc) is 2.27. The number of carbonyl (C=O) groups is 2. The maximum Gasteiger partial charge on any atom is 0.221 e. The maximum atomic E-state index is 13.4. The minimum absolute atomic E-state index is 0.00269. The fraction of sp³-hybridized carbons (Fsp3) is 0.333. The van der Waals surface area contributed by atoms with Crippen LogP contribution < -0.4 is 0 Å². The molecule has 0 aromatic heterocycles. The number of hydrogen-bond acceptors (Lipinski definition) is 2. The third-order valence-corrected chi connectivity index (χ3v) is 2.18. The lowest BCUT2D eigenvalue weighted by Crippen LogP contribution is -2.29. The molecule has 1 aromatic carbocycles. The number of carbonyl (C=O) groups excluding carboxylic acids is 2. The van der Waals surface area contributed by atoms with E-state index in [0.29, 0.717) is 0 Å². The van der Waals surface area contributed by atoms with Crippen LogP contribution in [0.2, 0.25) is 0 Å². The van der Waals surface area contributed by atoms with Crippen LogP contribution in [0.1, 0.15) is 24.2 Å². The number of halogens is 2. The van der Waals surface area contributed by atoms with Crippen LogP contribution in [0.15, 0.2) is 24.3 Å². The fourth-order valence-electron chi connectivity index (χ4n) is 1.18. The van der Waals surface area contributed by atoms with E-state index >= 15 is 0 Å². The molecule has 0 radical (unpaired) electrons. The first-order valence-electron chi connectivity index (χ1n) is 4.91. The van der Waals surface area contributed by atoms with Crippen LogP contribution >= 0.6 is 0 Å². The van der Waals surface area contributed by atoms with Crippen LogP contribution in [0.4, 0.5) is 8.78 Å². The van der Waals surface area contributed by atoms with Crippen molar-refractivity contribution >= 4 is 11.6 Å². The van der Waals surface area contributed by atoms with Gasteiger partial charge in [-0.1, -0.05) is 13.8 Å². The highest BCUT2D eigenvalue weighted by molar-refractivity contribution is 6.13. The van der Waals surface area contributed by atoms with E-state index in [1.54, 1.807) is 0 Å². The summed E-state index contributed by atoms with van der Waals surface area (Å²) in [5.74, 6) is -2.73. The third kappa shape index (κ3) is 2.72. The van der Waals surface area contributed by atoms with Gasteiger partial charge in [-0.05, 0) is 24.3 Å². The van der Waals surface area contributed by atoms with Gasteiger partial charge < -0.3 is 0 Å². The minimum atomic E-state index is -2.16. The van der Waals surface area contributed by atoms with Crippen molar-refractivity contribution in [1.29, 1.82) is 0 Å². The van der Waals surface area contributed by atoms with E-state index in [9.17, 15) is 18.4 Å². The van der Waals surface area contributed by atoms with E-state index in [2.05, 4.69) is 0 Å². The minimum Gasteiger partial charge on any atom is -0.296 e. The van der Waals surface area contributed by atoms with Gasteiger partial charge in [0.15, 0.2) is 5.78 Å². The molecule has 86 valence electrons. The molecule has 1 unspecified atom stereocenters. The Balaban J connectivity index is 2.86. The standard InChI is InChI=1S/C12H12F2O2/c1-7(2)11(15)10(14)12(16)8-3-5-9(13)6-4-8/h3-7,10H,1-2H3. The quantitative estimate of drug-likeness (QED) is 0.584. The van der Waals surface area contributed by atoms with E-state index in [1.165, 1.54) is 13.8 Å². The lowest BCUT2D eigenvalue weighted by atomic mass is 9.98. The Hall–Kier alpha value is -1.58.